The summed E-state index contributed by atoms with van der Waals surface area (Å²) in [5, 5.41) is 0. The molecular weight excluding hydrogens is 133 g/mol. The Balaban J connectivity index is 3.14. The molecule has 0 aliphatic heterocycles. The molecule has 44 valence electrons. The molecule has 0 saturated heterocycles. The molecule has 0 spiro atoms. The van der Waals surface area contributed by atoms with Crippen molar-refractivity contribution >= 4 is 19.5 Å². The number of rotatable bonds is 2. The summed E-state index contributed by atoms with van der Waals surface area (Å²) in [4.78, 5) is 0. The van der Waals surface area contributed by atoms with Gasteiger partial charge in [0.05, 0.1) is 5.88 Å². The lowest BCUT2D eigenvalue weighted by Gasteiger charge is -2.06. The summed E-state index contributed by atoms with van der Waals surface area (Å²) in [5.74, 6) is -0.615. The standard InChI is InChI=1S/C4H9ClFP/c1-7(2)4(6)3-5/h4H,3H2,1-2H3. The molecule has 0 N–H and O–H groups in total. The van der Waals surface area contributed by atoms with Crippen molar-refractivity contribution in [2.24, 2.45) is 0 Å². The van der Waals surface area contributed by atoms with E-state index in [9.17, 15) is 4.39 Å². The number of alkyl halides is 2. The van der Waals surface area contributed by atoms with Crippen molar-refractivity contribution in [3.05, 3.63) is 0 Å². The quantitative estimate of drug-likeness (QED) is 0.410. The topological polar surface area (TPSA) is 0 Å². The van der Waals surface area contributed by atoms with Crippen LogP contribution in [0.2, 0.25) is 0 Å². The maximum atomic E-state index is 12.2. The minimum atomic E-state index is -0.767. The van der Waals surface area contributed by atoms with Gasteiger partial charge in [-0.1, -0.05) is 7.92 Å². The summed E-state index contributed by atoms with van der Waals surface area (Å²) in [6.45, 7) is 3.75. The average molecular weight is 143 g/mol. The van der Waals surface area contributed by atoms with Gasteiger partial charge in [-0.3, -0.25) is 0 Å². The predicted molar refractivity (Wildman–Crippen MR) is 34.4 cm³/mol. The second-order valence-corrected chi connectivity index (χ2v) is 4.35. The zero-order valence-electron chi connectivity index (χ0n) is 4.49. The van der Waals surface area contributed by atoms with E-state index in [4.69, 9.17) is 11.6 Å². The summed E-state index contributed by atoms with van der Waals surface area (Å²) in [6.07, 6.45) is 0. The van der Waals surface area contributed by atoms with Crippen LogP contribution in [0.3, 0.4) is 0 Å². The van der Waals surface area contributed by atoms with Gasteiger partial charge in [0.25, 0.3) is 0 Å². The van der Waals surface area contributed by atoms with Crippen molar-refractivity contribution in [3.8, 4) is 0 Å². The SMILES string of the molecule is CP(C)C(F)CCl. The fourth-order valence-corrected chi connectivity index (χ4v) is 1.24. The fourth-order valence-electron chi connectivity index (χ4n) is 0.138. The molecule has 0 saturated carbocycles. The minimum absolute atomic E-state index is 0.151. The Morgan fingerprint density at radius 3 is 2.14 bits per heavy atom. The van der Waals surface area contributed by atoms with Crippen LogP contribution >= 0.6 is 19.5 Å². The van der Waals surface area contributed by atoms with E-state index in [0.29, 0.717) is 0 Å². The molecule has 0 aromatic heterocycles. The molecule has 7 heavy (non-hydrogen) atoms. The van der Waals surface area contributed by atoms with E-state index in [1.165, 1.54) is 0 Å². The number of hydrogen-bond donors (Lipinski definition) is 0. The molecule has 0 nitrogen and oxygen atoms in total. The number of halogens is 2. The van der Waals surface area contributed by atoms with Crippen molar-refractivity contribution in [3.63, 3.8) is 0 Å². The first-order valence-corrected chi connectivity index (χ1v) is 4.89. The van der Waals surface area contributed by atoms with Crippen molar-refractivity contribution in [2.45, 2.75) is 5.91 Å². The first kappa shape index (κ1) is 7.65. The Morgan fingerprint density at radius 2 is 2.14 bits per heavy atom. The van der Waals surface area contributed by atoms with Gasteiger partial charge < -0.3 is 0 Å². The normalized spacial score (nSPS) is 15.0. The van der Waals surface area contributed by atoms with Gasteiger partial charge in [-0.15, -0.1) is 11.6 Å². The first-order valence-electron chi connectivity index (χ1n) is 2.05. The summed E-state index contributed by atoms with van der Waals surface area (Å²) in [7, 11) is -0.460. The fraction of sp³-hybridized carbons (Fsp3) is 1.00. The highest BCUT2D eigenvalue weighted by Gasteiger charge is 2.06. The summed E-state index contributed by atoms with van der Waals surface area (Å²) in [6, 6.07) is 0. The van der Waals surface area contributed by atoms with Gasteiger partial charge in [-0.05, 0) is 13.3 Å². The van der Waals surface area contributed by atoms with Crippen LogP contribution in [0.1, 0.15) is 0 Å². The van der Waals surface area contributed by atoms with Crippen LogP contribution in [0.25, 0.3) is 0 Å². The minimum Gasteiger partial charge on any atom is -0.241 e. The van der Waals surface area contributed by atoms with E-state index in [0.717, 1.165) is 0 Å². The molecule has 0 rings (SSSR count). The second-order valence-electron chi connectivity index (χ2n) is 1.55. The van der Waals surface area contributed by atoms with Gasteiger partial charge in [0.1, 0.15) is 5.91 Å². The maximum Gasteiger partial charge on any atom is 0.132 e. The molecule has 0 fully saturated rings. The van der Waals surface area contributed by atoms with Gasteiger partial charge in [0.2, 0.25) is 0 Å². The van der Waals surface area contributed by atoms with E-state index >= 15 is 0 Å². The molecule has 0 aromatic rings. The zero-order valence-corrected chi connectivity index (χ0v) is 6.14. The van der Waals surface area contributed by atoms with Crippen LogP contribution in [0.5, 0.6) is 0 Å². The Kier molecular flexibility index (Phi) is 3.96. The van der Waals surface area contributed by atoms with Gasteiger partial charge in [0, 0.05) is 0 Å². The Morgan fingerprint density at radius 1 is 1.71 bits per heavy atom. The largest absolute Gasteiger partial charge is 0.241 e. The van der Waals surface area contributed by atoms with E-state index in [2.05, 4.69) is 0 Å². The third kappa shape index (κ3) is 3.25. The van der Waals surface area contributed by atoms with E-state index in [1.807, 2.05) is 13.3 Å². The van der Waals surface area contributed by atoms with Crippen LogP contribution < -0.4 is 0 Å². The lowest BCUT2D eigenvalue weighted by molar-refractivity contribution is 0.480. The average Bonchev–Trinajstić information content (AvgIpc) is 1.65. The summed E-state index contributed by atoms with van der Waals surface area (Å²) < 4.78 is 12.2. The predicted octanol–water partition coefficient (Wildman–Crippen LogP) is 2.26. The molecule has 0 aromatic carbocycles. The molecule has 0 amide bonds. The van der Waals surface area contributed by atoms with Crippen molar-refractivity contribution in [1.82, 2.24) is 0 Å². The maximum absolute atomic E-state index is 12.2. The molecular formula is C4H9ClFP. The van der Waals surface area contributed by atoms with E-state index in [1.54, 1.807) is 0 Å². The van der Waals surface area contributed by atoms with Gasteiger partial charge in [-0.2, -0.15) is 0 Å². The van der Waals surface area contributed by atoms with Crippen LogP contribution in [0, 0.1) is 0 Å². The van der Waals surface area contributed by atoms with E-state index < -0.39 is 13.8 Å². The highest BCUT2D eigenvalue weighted by atomic mass is 35.5. The van der Waals surface area contributed by atoms with Crippen LogP contribution in [-0.2, 0) is 0 Å². The van der Waals surface area contributed by atoms with Gasteiger partial charge in [0.15, 0.2) is 0 Å². The molecule has 0 aliphatic rings. The third-order valence-electron chi connectivity index (χ3n) is 0.688. The smallest absolute Gasteiger partial charge is 0.132 e. The summed E-state index contributed by atoms with van der Waals surface area (Å²) in [5.41, 5.74) is 0. The van der Waals surface area contributed by atoms with Crippen LogP contribution in [-0.4, -0.2) is 25.1 Å². The Bertz CT molecular complexity index is 49.0. The van der Waals surface area contributed by atoms with E-state index in [-0.39, 0.29) is 5.88 Å². The molecule has 1 unspecified atom stereocenters. The van der Waals surface area contributed by atoms with Gasteiger partial charge >= 0.3 is 0 Å². The molecule has 0 aliphatic carbocycles. The summed E-state index contributed by atoms with van der Waals surface area (Å²) >= 11 is 5.19. The Hall–Kier alpha value is 0.650. The van der Waals surface area contributed by atoms with Crippen LogP contribution in [0.4, 0.5) is 4.39 Å². The van der Waals surface area contributed by atoms with Crippen molar-refractivity contribution < 1.29 is 4.39 Å². The molecule has 0 bridgehead atoms. The lowest BCUT2D eigenvalue weighted by Crippen LogP contribution is -1.95. The molecule has 0 radical (unpaired) electrons. The van der Waals surface area contributed by atoms with Gasteiger partial charge in [-0.25, -0.2) is 4.39 Å². The second kappa shape index (κ2) is 3.63. The lowest BCUT2D eigenvalue weighted by atomic mass is 10.9. The first-order chi connectivity index (χ1) is 3.18. The Labute approximate surface area is 49.8 Å². The third-order valence-corrected chi connectivity index (χ3v) is 2.48. The molecule has 0 heterocycles. The van der Waals surface area contributed by atoms with Crippen LogP contribution in [0.15, 0.2) is 0 Å². The molecule has 3 heteroatoms. The highest BCUT2D eigenvalue weighted by Crippen LogP contribution is 2.33. The molecule has 1 atom stereocenters. The van der Waals surface area contributed by atoms with Crippen molar-refractivity contribution in [2.75, 3.05) is 19.2 Å². The highest BCUT2D eigenvalue weighted by molar-refractivity contribution is 7.56. The zero-order chi connectivity index (χ0) is 5.86. The number of hydrogen-bond acceptors (Lipinski definition) is 0. The monoisotopic (exact) mass is 142 g/mol. The van der Waals surface area contributed by atoms with Crippen molar-refractivity contribution in [1.29, 1.82) is 0 Å².